The summed E-state index contributed by atoms with van der Waals surface area (Å²) < 4.78 is 0. The molecule has 0 amide bonds. The molecule has 0 aliphatic carbocycles. The summed E-state index contributed by atoms with van der Waals surface area (Å²) in [5.74, 6) is 0. The van der Waals surface area contributed by atoms with Crippen LogP contribution < -0.4 is 0 Å². The Balaban J connectivity index is 0. The fraction of sp³-hybridized carbons (Fsp3) is 1.00. The smallest absolute Gasteiger partial charge is 0 e. The minimum absolute atomic E-state index is 0. The maximum Gasteiger partial charge on any atom is 0 e. The molecule has 0 aliphatic rings. The molecule has 0 bridgehead atoms. The summed E-state index contributed by atoms with van der Waals surface area (Å²) >= 11 is 0. The Morgan fingerprint density at radius 2 is 1.06 bits per heavy atom. The van der Waals surface area contributed by atoms with Gasteiger partial charge in [0.25, 0.3) is 0 Å². The van der Waals surface area contributed by atoms with Crippen LogP contribution in [0.15, 0.2) is 0 Å². The van der Waals surface area contributed by atoms with E-state index in [1.54, 1.807) is 0 Å². The molecule has 0 heterocycles. The third-order valence-corrected chi connectivity index (χ3v) is 3.22. The monoisotopic (exact) mass is 220 g/mol. The molecule has 1 radical (unpaired) electrons. The van der Waals surface area contributed by atoms with Crippen molar-refractivity contribution in [1.82, 2.24) is 4.90 Å². The molecular formula is C14H31LiN. The van der Waals surface area contributed by atoms with E-state index in [1.165, 1.54) is 71.0 Å². The van der Waals surface area contributed by atoms with Gasteiger partial charge in [0, 0.05) is 18.9 Å². The van der Waals surface area contributed by atoms with E-state index in [4.69, 9.17) is 0 Å². The molecule has 1 nitrogen and oxygen atoms in total. The van der Waals surface area contributed by atoms with Gasteiger partial charge in [-0.05, 0) is 26.1 Å². The molecule has 0 atom stereocenters. The van der Waals surface area contributed by atoms with Crippen LogP contribution in [0.25, 0.3) is 0 Å². The molecule has 0 fully saturated rings. The van der Waals surface area contributed by atoms with Gasteiger partial charge in [-0.15, -0.1) is 0 Å². The first-order valence-electron chi connectivity index (χ1n) is 7.07. The zero-order valence-corrected chi connectivity index (χ0v) is 12.2. The van der Waals surface area contributed by atoms with Gasteiger partial charge in [-0.3, -0.25) is 0 Å². The fourth-order valence-electron chi connectivity index (χ4n) is 2.01. The minimum atomic E-state index is 0. The molecule has 0 aromatic carbocycles. The normalized spacial score (nSPS) is 10.5. The van der Waals surface area contributed by atoms with Gasteiger partial charge in [0.05, 0.1) is 0 Å². The van der Waals surface area contributed by atoms with Crippen LogP contribution in [0.5, 0.6) is 0 Å². The minimum Gasteiger partial charge on any atom is -0.304 e. The van der Waals surface area contributed by atoms with Crippen LogP contribution in [0.2, 0.25) is 0 Å². The molecule has 0 saturated heterocycles. The van der Waals surface area contributed by atoms with Crippen LogP contribution in [0.4, 0.5) is 0 Å². The van der Waals surface area contributed by atoms with Crippen molar-refractivity contribution < 1.29 is 0 Å². The summed E-state index contributed by atoms with van der Waals surface area (Å²) in [5.41, 5.74) is 0. The summed E-state index contributed by atoms with van der Waals surface area (Å²) in [4.78, 5) is 2.52. The van der Waals surface area contributed by atoms with Gasteiger partial charge >= 0.3 is 0 Å². The second-order valence-electron chi connectivity index (χ2n) is 4.50. The maximum atomic E-state index is 2.52. The molecule has 93 valence electrons. The van der Waals surface area contributed by atoms with Crippen molar-refractivity contribution in [1.29, 1.82) is 0 Å². The van der Waals surface area contributed by atoms with Crippen molar-refractivity contribution in [3.05, 3.63) is 0 Å². The number of hydrogen-bond donors (Lipinski definition) is 0. The van der Waals surface area contributed by atoms with Crippen molar-refractivity contribution in [3.8, 4) is 0 Å². The van der Waals surface area contributed by atoms with Gasteiger partial charge < -0.3 is 4.90 Å². The van der Waals surface area contributed by atoms with Gasteiger partial charge in [-0.25, -0.2) is 0 Å². The van der Waals surface area contributed by atoms with Crippen molar-refractivity contribution in [2.24, 2.45) is 0 Å². The summed E-state index contributed by atoms with van der Waals surface area (Å²) in [6, 6.07) is 0. The first-order valence-corrected chi connectivity index (χ1v) is 7.07. The first kappa shape index (κ1) is 18.9. The van der Waals surface area contributed by atoms with Gasteiger partial charge in [-0.2, -0.15) is 0 Å². The quantitative estimate of drug-likeness (QED) is 0.374. The van der Waals surface area contributed by atoms with E-state index in [9.17, 15) is 0 Å². The Morgan fingerprint density at radius 1 is 0.625 bits per heavy atom. The molecule has 0 unspecified atom stereocenters. The van der Waals surface area contributed by atoms with Crippen LogP contribution in [-0.4, -0.2) is 43.4 Å². The Labute approximate surface area is 116 Å². The third kappa shape index (κ3) is 12.6. The molecule has 0 N–H and O–H groups in total. The van der Waals surface area contributed by atoms with E-state index in [1.807, 2.05) is 0 Å². The van der Waals surface area contributed by atoms with Crippen LogP contribution in [0.1, 0.15) is 72.1 Å². The molecule has 0 saturated carbocycles. The summed E-state index contributed by atoms with van der Waals surface area (Å²) in [7, 11) is 0. The van der Waals surface area contributed by atoms with Crippen LogP contribution in [-0.2, 0) is 0 Å². The van der Waals surface area contributed by atoms with E-state index < -0.39 is 0 Å². The van der Waals surface area contributed by atoms with Crippen LogP contribution in [0, 0.1) is 0 Å². The summed E-state index contributed by atoms with van der Waals surface area (Å²) in [6.45, 7) is 10.5. The standard InChI is InChI=1S/C14H31N.Li/c1-4-7-8-9-10-11-12-13-14-15(5-2)6-3;/h4-14H2,1-3H3;. The van der Waals surface area contributed by atoms with E-state index in [2.05, 4.69) is 25.7 Å². The Morgan fingerprint density at radius 3 is 1.50 bits per heavy atom. The van der Waals surface area contributed by atoms with E-state index >= 15 is 0 Å². The number of nitrogens with zero attached hydrogens (tertiary/aromatic N) is 1. The molecule has 0 spiro atoms. The van der Waals surface area contributed by atoms with Crippen molar-refractivity contribution in [2.45, 2.75) is 72.1 Å². The number of rotatable bonds is 11. The van der Waals surface area contributed by atoms with Crippen LogP contribution >= 0.6 is 0 Å². The molecule has 0 aliphatic heterocycles. The molecule has 0 aromatic heterocycles. The fourth-order valence-corrected chi connectivity index (χ4v) is 2.01. The molecule has 2 heteroatoms. The predicted molar refractivity (Wildman–Crippen MR) is 76.2 cm³/mol. The zero-order chi connectivity index (χ0) is 11.4. The van der Waals surface area contributed by atoms with Crippen molar-refractivity contribution >= 4 is 18.9 Å². The van der Waals surface area contributed by atoms with Crippen molar-refractivity contribution in [3.63, 3.8) is 0 Å². The second kappa shape index (κ2) is 15.6. The average molecular weight is 220 g/mol. The third-order valence-electron chi connectivity index (χ3n) is 3.22. The molecule has 0 rings (SSSR count). The number of unbranched alkanes of at least 4 members (excludes halogenated alkanes) is 7. The van der Waals surface area contributed by atoms with E-state index in [0.29, 0.717) is 0 Å². The molecule has 16 heavy (non-hydrogen) atoms. The van der Waals surface area contributed by atoms with Gasteiger partial charge in [0.1, 0.15) is 0 Å². The Hall–Kier alpha value is 0.557. The summed E-state index contributed by atoms with van der Waals surface area (Å²) in [5, 5.41) is 0. The van der Waals surface area contributed by atoms with Crippen LogP contribution in [0.3, 0.4) is 0 Å². The zero-order valence-electron chi connectivity index (χ0n) is 12.2. The van der Waals surface area contributed by atoms with Crippen molar-refractivity contribution in [2.75, 3.05) is 19.6 Å². The Bertz CT molecular complexity index is 113. The van der Waals surface area contributed by atoms with Gasteiger partial charge in [-0.1, -0.05) is 65.7 Å². The maximum absolute atomic E-state index is 2.52. The SMILES string of the molecule is CCCCCCCCCCN(CC)CC.[Li]. The van der Waals surface area contributed by atoms with E-state index in [-0.39, 0.29) is 18.9 Å². The second-order valence-corrected chi connectivity index (χ2v) is 4.50. The van der Waals surface area contributed by atoms with E-state index in [0.717, 1.165) is 0 Å². The topological polar surface area (TPSA) is 3.24 Å². The molecular weight excluding hydrogens is 189 g/mol. The summed E-state index contributed by atoms with van der Waals surface area (Å²) in [6.07, 6.45) is 11.4. The first-order chi connectivity index (χ1) is 7.35. The Kier molecular flexibility index (Phi) is 18.4. The average Bonchev–Trinajstić information content (AvgIpc) is 2.27. The van der Waals surface area contributed by atoms with Gasteiger partial charge in [0.15, 0.2) is 0 Å². The number of hydrogen-bond acceptors (Lipinski definition) is 1. The molecule has 0 aromatic rings. The predicted octanol–water partition coefficient (Wildman–Crippen LogP) is 4.09. The largest absolute Gasteiger partial charge is 0.304 e. The van der Waals surface area contributed by atoms with Gasteiger partial charge in [0.2, 0.25) is 0 Å².